The number of anilines is 2. The molecular weight excluding hydrogens is 331 g/mol. The van der Waals surface area contributed by atoms with Crippen LogP contribution >= 0.6 is 0 Å². The molecule has 1 saturated heterocycles. The van der Waals surface area contributed by atoms with Crippen molar-refractivity contribution in [1.29, 1.82) is 0 Å². The molecule has 5 heteroatoms. The standard InChI is InChI=1S/C21H23FN2O2/c1-2-3-4-15-5-9-18(10-6-15)23-21(26)16-13-20(25)24(14-16)19-11-7-17(22)8-12-19/h5-12,16H,2-4,13-14H2,1H3,(H,23,26). The molecule has 26 heavy (non-hydrogen) atoms. The summed E-state index contributed by atoms with van der Waals surface area (Å²) in [6.45, 7) is 2.47. The molecule has 2 amide bonds. The van der Waals surface area contributed by atoms with Gasteiger partial charge in [0.05, 0.1) is 5.92 Å². The maximum atomic E-state index is 13.0. The van der Waals surface area contributed by atoms with Crippen molar-refractivity contribution in [3.8, 4) is 0 Å². The third-order valence-corrected chi connectivity index (χ3v) is 4.67. The van der Waals surface area contributed by atoms with Crippen molar-refractivity contribution >= 4 is 23.2 Å². The molecule has 1 N–H and O–H groups in total. The number of nitrogens with one attached hydrogen (secondary N) is 1. The van der Waals surface area contributed by atoms with Gasteiger partial charge in [0.15, 0.2) is 0 Å². The highest BCUT2D eigenvalue weighted by Crippen LogP contribution is 2.26. The normalized spacial score (nSPS) is 16.8. The summed E-state index contributed by atoms with van der Waals surface area (Å²) in [4.78, 5) is 26.3. The average Bonchev–Trinajstić information content (AvgIpc) is 3.04. The predicted octanol–water partition coefficient (Wildman–Crippen LogP) is 4.16. The number of amides is 2. The number of halogens is 1. The Morgan fingerprint density at radius 2 is 1.85 bits per heavy atom. The number of carbonyl (C=O) groups is 2. The first-order valence-electron chi connectivity index (χ1n) is 9.02. The monoisotopic (exact) mass is 354 g/mol. The topological polar surface area (TPSA) is 49.4 Å². The first-order valence-corrected chi connectivity index (χ1v) is 9.02. The quantitative estimate of drug-likeness (QED) is 0.847. The van der Waals surface area contributed by atoms with Gasteiger partial charge in [0.1, 0.15) is 5.82 Å². The van der Waals surface area contributed by atoms with E-state index in [1.807, 2.05) is 24.3 Å². The van der Waals surface area contributed by atoms with Crippen LogP contribution in [0.25, 0.3) is 0 Å². The van der Waals surface area contributed by atoms with Crippen LogP contribution < -0.4 is 10.2 Å². The fourth-order valence-corrected chi connectivity index (χ4v) is 3.13. The second-order valence-electron chi connectivity index (χ2n) is 6.67. The molecule has 1 aliphatic heterocycles. The van der Waals surface area contributed by atoms with Crippen molar-refractivity contribution < 1.29 is 14.0 Å². The molecule has 0 bridgehead atoms. The number of benzene rings is 2. The zero-order valence-corrected chi connectivity index (χ0v) is 14.9. The van der Waals surface area contributed by atoms with Gasteiger partial charge < -0.3 is 10.2 Å². The lowest BCUT2D eigenvalue weighted by Gasteiger charge is -2.16. The van der Waals surface area contributed by atoms with Crippen molar-refractivity contribution in [2.24, 2.45) is 5.92 Å². The van der Waals surface area contributed by atoms with Crippen LogP contribution in [0.4, 0.5) is 15.8 Å². The molecule has 0 aliphatic carbocycles. The molecule has 1 heterocycles. The molecule has 0 spiro atoms. The van der Waals surface area contributed by atoms with Gasteiger partial charge in [0, 0.05) is 24.3 Å². The average molecular weight is 354 g/mol. The van der Waals surface area contributed by atoms with Gasteiger partial charge >= 0.3 is 0 Å². The fraction of sp³-hybridized carbons (Fsp3) is 0.333. The molecule has 1 aliphatic rings. The lowest BCUT2D eigenvalue weighted by molar-refractivity contribution is -0.122. The first kappa shape index (κ1) is 18.1. The summed E-state index contributed by atoms with van der Waals surface area (Å²) in [7, 11) is 0. The largest absolute Gasteiger partial charge is 0.326 e. The van der Waals surface area contributed by atoms with E-state index in [0.29, 0.717) is 12.2 Å². The maximum Gasteiger partial charge on any atom is 0.229 e. The Kier molecular flexibility index (Phi) is 5.66. The highest BCUT2D eigenvalue weighted by atomic mass is 19.1. The summed E-state index contributed by atoms with van der Waals surface area (Å²) in [5.74, 6) is -1.04. The number of carbonyl (C=O) groups excluding carboxylic acids is 2. The van der Waals surface area contributed by atoms with Crippen molar-refractivity contribution in [1.82, 2.24) is 0 Å². The van der Waals surface area contributed by atoms with Crippen LogP contribution in [0.2, 0.25) is 0 Å². The van der Waals surface area contributed by atoms with E-state index in [-0.39, 0.29) is 24.1 Å². The first-order chi connectivity index (χ1) is 12.6. The molecule has 0 radical (unpaired) electrons. The molecule has 2 aromatic rings. The van der Waals surface area contributed by atoms with Crippen LogP contribution in [0, 0.1) is 11.7 Å². The second-order valence-corrected chi connectivity index (χ2v) is 6.67. The van der Waals surface area contributed by atoms with Crippen molar-refractivity contribution in [2.75, 3.05) is 16.8 Å². The number of hydrogen-bond acceptors (Lipinski definition) is 2. The Labute approximate surface area is 153 Å². The molecule has 2 aromatic carbocycles. The van der Waals surface area contributed by atoms with Crippen LogP contribution in [-0.4, -0.2) is 18.4 Å². The summed E-state index contributed by atoms with van der Waals surface area (Å²) in [5, 5.41) is 2.89. The van der Waals surface area contributed by atoms with Gasteiger partial charge in [0.25, 0.3) is 0 Å². The van der Waals surface area contributed by atoms with Crippen LogP contribution in [0.3, 0.4) is 0 Å². The minimum Gasteiger partial charge on any atom is -0.326 e. The predicted molar refractivity (Wildman–Crippen MR) is 101 cm³/mol. The highest BCUT2D eigenvalue weighted by molar-refractivity contribution is 6.03. The Balaban J connectivity index is 1.60. The summed E-state index contributed by atoms with van der Waals surface area (Å²) in [6, 6.07) is 13.6. The van der Waals surface area contributed by atoms with E-state index in [4.69, 9.17) is 0 Å². The molecule has 4 nitrogen and oxygen atoms in total. The molecule has 0 saturated carbocycles. The van der Waals surface area contributed by atoms with Crippen LogP contribution in [0.5, 0.6) is 0 Å². The van der Waals surface area contributed by atoms with E-state index in [9.17, 15) is 14.0 Å². The van der Waals surface area contributed by atoms with Gasteiger partial charge in [0.2, 0.25) is 11.8 Å². The Hall–Kier alpha value is -2.69. The third-order valence-electron chi connectivity index (χ3n) is 4.67. The summed E-state index contributed by atoms with van der Waals surface area (Å²) in [5.41, 5.74) is 2.61. The van der Waals surface area contributed by atoms with Gasteiger partial charge in [-0.25, -0.2) is 4.39 Å². The van der Waals surface area contributed by atoms with Gasteiger partial charge in [-0.2, -0.15) is 0 Å². The van der Waals surface area contributed by atoms with Crippen molar-refractivity contribution in [3.63, 3.8) is 0 Å². The van der Waals surface area contributed by atoms with Crippen molar-refractivity contribution in [2.45, 2.75) is 32.6 Å². The third kappa shape index (κ3) is 4.28. The van der Waals surface area contributed by atoms with E-state index in [1.165, 1.54) is 22.6 Å². The van der Waals surface area contributed by atoms with E-state index >= 15 is 0 Å². The molecule has 3 rings (SSSR count). The second kappa shape index (κ2) is 8.13. The van der Waals surface area contributed by atoms with E-state index in [1.54, 1.807) is 12.1 Å². The number of unbranched alkanes of at least 4 members (excludes halogenated alkanes) is 1. The van der Waals surface area contributed by atoms with Crippen LogP contribution in [0.1, 0.15) is 31.7 Å². The molecule has 1 fully saturated rings. The van der Waals surface area contributed by atoms with E-state index < -0.39 is 5.92 Å². The summed E-state index contributed by atoms with van der Waals surface area (Å²) < 4.78 is 13.0. The van der Waals surface area contributed by atoms with E-state index in [2.05, 4.69) is 12.2 Å². The number of aryl methyl sites for hydroxylation is 1. The summed E-state index contributed by atoms with van der Waals surface area (Å²) >= 11 is 0. The highest BCUT2D eigenvalue weighted by Gasteiger charge is 2.35. The Morgan fingerprint density at radius 1 is 1.15 bits per heavy atom. The smallest absolute Gasteiger partial charge is 0.229 e. The zero-order valence-electron chi connectivity index (χ0n) is 14.9. The van der Waals surface area contributed by atoms with Gasteiger partial charge in [-0.15, -0.1) is 0 Å². The molecule has 136 valence electrons. The lowest BCUT2D eigenvalue weighted by atomic mass is 10.1. The Morgan fingerprint density at radius 3 is 2.50 bits per heavy atom. The van der Waals surface area contributed by atoms with Crippen molar-refractivity contribution in [3.05, 3.63) is 59.9 Å². The Bertz CT molecular complexity index is 772. The maximum absolute atomic E-state index is 13.0. The zero-order chi connectivity index (χ0) is 18.5. The molecule has 1 atom stereocenters. The fourth-order valence-electron chi connectivity index (χ4n) is 3.13. The molecule has 1 unspecified atom stereocenters. The lowest BCUT2D eigenvalue weighted by Crippen LogP contribution is -2.28. The number of hydrogen-bond donors (Lipinski definition) is 1. The number of rotatable bonds is 6. The summed E-state index contributed by atoms with van der Waals surface area (Å²) in [6.07, 6.45) is 3.50. The minimum atomic E-state index is -0.410. The van der Waals surface area contributed by atoms with E-state index in [0.717, 1.165) is 24.9 Å². The molecular formula is C21H23FN2O2. The van der Waals surface area contributed by atoms with Gasteiger partial charge in [-0.1, -0.05) is 25.5 Å². The van der Waals surface area contributed by atoms with Gasteiger partial charge in [-0.3, -0.25) is 9.59 Å². The minimum absolute atomic E-state index is 0.119. The van der Waals surface area contributed by atoms with Crippen LogP contribution in [0.15, 0.2) is 48.5 Å². The van der Waals surface area contributed by atoms with Crippen LogP contribution in [-0.2, 0) is 16.0 Å². The SMILES string of the molecule is CCCCc1ccc(NC(=O)C2CC(=O)N(c3ccc(F)cc3)C2)cc1. The molecule has 0 aromatic heterocycles. The van der Waals surface area contributed by atoms with Gasteiger partial charge in [-0.05, 0) is 54.8 Å². The number of nitrogens with zero attached hydrogens (tertiary/aromatic N) is 1.